The van der Waals surface area contributed by atoms with E-state index in [1.165, 1.54) is 5.56 Å². The molecule has 0 spiro atoms. The van der Waals surface area contributed by atoms with Crippen LogP contribution in [0.5, 0.6) is 0 Å². The Morgan fingerprint density at radius 3 is 2.24 bits per heavy atom. The molecule has 0 aliphatic heterocycles. The standard InChI is InChI=1S/C28H25N3O2/c1-19-4-3-5-21(16-19)18-30-27(32)23-9-7-22(8-10-23)26-17-25(11-6-20(26)2)31-28(33)24-12-14-29-15-13-24/h3-17H,18H2,1-2H3,(H,30,32)(H,31,33). The van der Waals surface area contributed by atoms with E-state index in [4.69, 9.17) is 0 Å². The molecule has 164 valence electrons. The van der Waals surface area contributed by atoms with Crippen LogP contribution in [0.1, 0.15) is 37.4 Å². The summed E-state index contributed by atoms with van der Waals surface area (Å²) in [4.78, 5) is 29.0. The molecule has 0 bridgehead atoms. The van der Waals surface area contributed by atoms with Gasteiger partial charge in [-0.2, -0.15) is 0 Å². The Kier molecular flexibility index (Phi) is 6.60. The molecular formula is C28H25N3O2. The van der Waals surface area contributed by atoms with Crippen molar-refractivity contribution in [2.24, 2.45) is 0 Å². The number of benzene rings is 3. The van der Waals surface area contributed by atoms with Crippen LogP contribution in [-0.4, -0.2) is 16.8 Å². The molecule has 0 aliphatic carbocycles. The second kappa shape index (κ2) is 9.92. The fraction of sp³-hybridized carbons (Fsp3) is 0.107. The van der Waals surface area contributed by atoms with Gasteiger partial charge in [-0.1, -0.05) is 48.0 Å². The Bertz CT molecular complexity index is 1280. The maximum atomic E-state index is 12.6. The number of hydrogen-bond donors (Lipinski definition) is 2. The van der Waals surface area contributed by atoms with Crippen molar-refractivity contribution >= 4 is 17.5 Å². The fourth-order valence-corrected chi connectivity index (χ4v) is 3.62. The lowest BCUT2D eigenvalue weighted by molar-refractivity contribution is 0.0950. The first-order chi connectivity index (χ1) is 16.0. The molecule has 4 rings (SSSR count). The van der Waals surface area contributed by atoms with Crippen molar-refractivity contribution in [2.75, 3.05) is 5.32 Å². The normalized spacial score (nSPS) is 10.5. The van der Waals surface area contributed by atoms with E-state index in [1.807, 2.05) is 74.5 Å². The molecular weight excluding hydrogens is 410 g/mol. The van der Waals surface area contributed by atoms with Crippen LogP contribution in [0.15, 0.2) is 91.3 Å². The summed E-state index contributed by atoms with van der Waals surface area (Å²) >= 11 is 0. The van der Waals surface area contributed by atoms with Crippen molar-refractivity contribution in [2.45, 2.75) is 20.4 Å². The zero-order valence-corrected chi connectivity index (χ0v) is 18.6. The Hall–Kier alpha value is -4.25. The predicted molar refractivity (Wildman–Crippen MR) is 131 cm³/mol. The first-order valence-corrected chi connectivity index (χ1v) is 10.8. The van der Waals surface area contributed by atoms with Crippen molar-refractivity contribution in [3.63, 3.8) is 0 Å². The molecule has 0 atom stereocenters. The Labute approximate surface area is 193 Å². The smallest absolute Gasteiger partial charge is 0.255 e. The van der Waals surface area contributed by atoms with Gasteiger partial charge in [0.15, 0.2) is 0 Å². The van der Waals surface area contributed by atoms with Crippen molar-refractivity contribution in [3.8, 4) is 11.1 Å². The van der Waals surface area contributed by atoms with E-state index in [-0.39, 0.29) is 11.8 Å². The highest BCUT2D eigenvalue weighted by atomic mass is 16.2. The van der Waals surface area contributed by atoms with Gasteiger partial charge in [0.25, 0.3) is 11.8 Å². The third-order valence-electron chi connectivity index (χ3n) is 5.43. The number of aromatic nitrogens is 1. The lowest BCUT2D eigenvalue weighted by Gasteiger charge is -2.12. The molecule has 4 aromatic rings. The highest BCUT2D eigenvalue weighted by Gasteiger charge is 2.10. The van der Waals surface area contributed by atoms with E-state index in [9.17, 15) is 9.59 Å². The second-order valence-corrected chi connectivity index (χ2v) is 7.97. The number of hydrogen-bond acceptors (Lipinski definition) is 3. The summed E-state index contributed by atoms with van der Waals surface area (Å²) in [5.41, 5.74) is 7.14. The van der Waals surface area contributed by atoms with Gasteiger partial charge in [-0.25, -0.2) is 0 Å². The van der Waals surface area contributed by atoms with E-state index in [0.29, 0.717) is 23.4 Å². The molecule has 0 fully saturated rings. The van der Waals surface area contributed by atoms with Gasteiger partial charge in [0.2, 0.25) is 0 Å². The van der Waals surface area contributed by atoms with Crippen LogP contribution in [0.4, 0.5) is 5.69 Å². The lowest BCUT2D eigenvalue weighted by atomic mass is 9.98. The van der Waals surface area contributed by atoms with Crippen molar-refractivity contribution in [1.29, 1.82) is 0 Å². The number of nitrogens with zero attached hydrogens (tertiary/aromatic N) is 1. The van der Waals surface area contributed by atoms with Gasteiger partial charge in [0, 0.05) is 35.8 Å². The fourth-order valence-electron chi connectivity index (χ4n) is 3.62. The molecule has 5 nitrogen and oxygen atoms in total. The van der Waals surface area contributed by atoms with Gasteiger partial charge >= 0.3 is 0 Å². The molecule has 0 unspecified atom stereocenters. The molecule has 33 heavy (non-hydrogen) atoms. The third kappa shape index (κ3) is 5.52. The molecule has 1 aromatic heterocycles. The van der Waals surface area contributed by atoms with Gasteiger partial charge in [-0.3, -0.25) is 14.6 Å². The zero-order chi connectivity index (χ0) is 23.2. The highest BCUT2D eigenvalue weighted by Crippen LogP contribution is 2.27. The maximum absolute atomic E-state index is 12.6. The first kappa shape index (κ1) is 22.0. The van der Waals surface area contributed by atoms with E-state index in [2.05, 4.69) is 21.7 Å². The number of carbonyl (C=O) groups is 2. The van der Waals surface area contributed by atoms with Gasteiger partial charge in [-0.15, -0.1) is 0 Å². The molecule has 1 heterocycles. The number of aryl methyl sites for hydroxylation is 2. The van der Waals surface area contributed by atoms with Crippen LogP contribution in [0.2, 0.25) is 0 Å². The number of carbonyl (C=O) groups excluding carboxylic acids is 2. The number of nitrogens with one attached hydrogen (secondary N) is 2. The predicted octanol–water partition coefficient (Wildman–Crippen LogP) is 5.55. The SMILES string of the molecule is Cc1cccc(CNC(=O)c2ccc(-c3cc(NC(=O)c4ccncc4)ccc3C)cc2)c1. The summed E-state index contributed by atoms with van der Waals surface area (Å²) in [5.74, 6) is -0.300. The second-order valence-electron chi connectivity index (χ2n) is 7.97. The molecule has 5 heteroatoms. The van der Waals surface area contributed by atoms with Crippen molar-refractivity contribution < 1.29 is 9.59 Å². The summed E-state index contributed by atoms with van der Waals surface area (Å²) in [6.45, 7) is 4.54. The van der Waals surface area contributed by atoms with Crippen molar-refractivity contribution in [3.05, 3.63) is 119 Å². The Morgan fingerprint density at radius 1 is 0.788 bits per heavy atom. The number of rotatable bonds is 6. The van der Waals surface area contributed by atoms with Crippen LogP contribution in [0.25, 0.3) is 11.1 Å². The largest absolute Gasteiger partial charge is 0.348 e. The van der Waals surface area contributed by atoms with Crippen LogP contribution < -0.4 is 10.6 Å². The van der Waals surface area contributed by atoms with E-state index >= 15 is 0 Å². The summed E-state index contributed by atoms with van der Waals surface area (Å²) in [5, 5.41) is 5.90. The minimum absolute atomic E-state index is 0.113. The average Bonchev–Trinajstić information content (AvgIpc) is 2.84. The number of pyridine rings is 1. The topological polar surface area (TPSA) is 71.1 Å². The summed E-state index contributed by atoms with van der Waals surface area (Å²) in [7, 11) is 0. The lowest BCUT2D eigenvalue weighted by Crippen LogP contribution is -2.22. The molecule has 0 radical (unpaired) electrons. The Morgan fingerprint density at radius 2 is 1.52 bits per heavy atom. The quantitative estimate of drug-likeness (QED) is 0.417. The van der Waals surface area contributed by atoms with E-state index in [1.54, 1.807) is 24.5 Å². The minimum atomic E-state index is -0.187. The average molecular weight is 436 g/mol. The van der Waals surface area contributed by atoms with Gasteiger partial charge in [0.1, 0.15) is 0 Å². The zero-order valence-electron chi connectivity index (χ0n) is 18.6. The summed E-state index contributed by atoms with van der Waals surface area (Å²) in [6, 6.07) is 24.7. The Balaban J connectivity index is 1.46. The minimum Gasteiger partial charge on any atom is -0.348 e. The van der Waals surface area contributed by atoms with Crippen LogP contribution in [0.3, 0.4) is 0 Å². The van der Waals surface area contributed by atoms with Crippen LogP contribution in [0, 0.1) is 13.8 Å². The maximum Gasteiger partial charge on any atom is 0.255 e. The van der Waals surface area contributed by atoms with Crippen molar-refractivity contribution in [1.82, 2.24) is 10.3 Å². The van der Waals surface area contributed by atoms with Gasteiger partial charge < -0.3 is 10.6 Å². The van der Waals surface area contributed by atoms with E-state index < -0.39 is 0 Å². The number of amides is 2. The third-order valence-corrected chi connectivity index (χ3v) is 5.43. The van der Waals surface area contributed by atoms with Crippen LogP contribution in [-0.2, 0) is 6.54 Å². The highest BCUT2D eigenvalue weighted by molar-refractivity contribution is 6.04. The molecule has 0 saturated carbocycles. The molecule has 2 amide bonds. The summed E-state index contributed by atoms with van der Waals surface area (Å²) < 4.78 is 0. The molecule has 3 aromatic carbocycles. The summed E-state index contributed by atoms with van der Waals surface area (Å²) in [6.07, 6.45) is 3.18. The van der Waals surface area contributed by atoms with Gasteiger partial charge in [0.05, 0.1) is 0 Å². The van der Waals surface area contributed by atoms with E-state index in [0.717, 1.165) is 22.3 Å². The van der Waals surface area contributed by atoms with Gasteiger partial charge in [-0.05, 0) is 72.5 Å². The monoisotopic (exact) mass is 435 g/mol. The number of anilines is 1. The van der Waals surface area contributed by atoms with Crippen LogP contribution >= 0.6 is 0 Å². The molecule has 0 aliphatic rings. The first-order valence-electron chi connectivity index (χ1n) is 10.8. The molecule has 2 N–H and O–H groups in total. The molecule has 0 saturated heterocycles.